The van der Waals surface area contributed by atoms with Crippen LogP contribution in [0.3, 0.4) is 0 Å². The fourth-order valence-corrected chi connectivity index (χ4v) is 2.12. The summed E-state index contributed by atoms with van der Waals surface area (Å²) in [5, 5.41) is 4.06. The number of pyridine rings is 1. The van der Waals surface area contributed by atoms with Gasteiger partial charge in [0, 0.05) is 13.2 Å². The Bertz CT molecular complexity index is 492. The molecule has 2 heterocycles. The van der Waals surface area contributed by atoms with Crippen LogP contribution in [0.1, 0.15) is 17.3 Å². The molecule has 0 aliphatic rings. The molecule has 0 fully saturated rings. The normalized spacial score (nSPS) is 12.8. The van der Waals surface area contributed by atoms with Gasteiger partial charge in [0.2, 0.25) is 0 Å². The molecule has 4 nitrogen and oxygen atoms in total. The van der Waals surface area contributed by atoms with E-state index in [-0.39, 0.29) is 0 Å². The van der Waals surface area contributed by atoms with E-state index in [1.165, 1.54) is 6.07 Å². The van der Waals surface area contributed by atoms with Gasteiger partial charge in [-0.1, -0.05) is 0 Å². The van der Waals surface area contributed by atoms with E-state index >= 15 is 0 Å². The van der Waals surface area contributed by atoms with Crippen LogP contribution >= 0.6 is 15.9 Å². The van der Waals surface area contributed by atoms with Gasteiger partial charge in [-0.05, 0) is 27.6 Å². The van der Waals surface area contributed by atoms with E-state index in [0.717, 1.165) is 16.4 Å². The number of nitrogens with two attached hydrogens (primary N) is 1. The van der Waals surface area contributed by atoms with Crippen LogP contribution < -0.4 is 5.73 Å². The van der Waals surface area contributed by atoms with Crippen molar-refractivity contribution in [2.45, 2.75) is 6.04 Å². The Morgan fingerprint density at radius 3 is 2.75 bits per heavy atom. The highest BCUT2D eigenvalue weighted by Crippen LogP contribution is 2.25. The highest BCUT2D eigenvalue weighted by molar-refractivity contribution is 9.10. The molecule has 1 unspecified atom stereocenters. The molecule has 16 heavy (non-hydrogen) atoms. The van der Waals surface area contributed by atoms with Crippen LogP contribution in [0, 0.1) is 5.82 Å². The topological polar surface area (TPSA) is 56.7 Å². The summed E-state index contributed by atoms with van der Waals surface area (Å²) in [5.41, 5.74) is 7.43. The lowest BCUT2D eigenvalue weighted by atomic mass is 10.1. The standard InChI is InChI=1S/C10H10BrFN4/c1-16-10(8(11)5-15-16)9(13)6-2-7(12)4-14-3-6/h2-5,9H,13H2,1H3. The largest absolute Gasteiger partial charge is 0.319 e. The summed E-state index contributed by atoms with van der Waals surface area (Å²) in [4.78, 5) is 3.77. The number of aryl methyl sites for hydroxylation is 1. The molecule has 0 bridgehead atoms. The van der Waals surface area contributed by atoms with Crippen LogP contribution in [-0.4, -0.2) is 14.8 Å². The molecular formula is C10H10BrFN4. The summed E-state index contributed by atoms with van der Waals surface area (Å²) in [7, 11) is 1.78. The molecule has 0 saturated carbocycles. The van der Waals surface area contributed by atoms with Gasteiger partial charge in [0.1, 0.15) is 5.82 Å². The van der Waals surface area contributed by atoms with Crippen molar-refractivity contribution in [3.8, 4) is 0 Å². The first-order chi connectivity index (χ1) is 7.59. The predicted molar refractivity (Wildman–Crippen MR) is 61.1 cm³/mol. The van der Waals surface area contributed by atoms with Crippen LogP contribution in [0.4, 0.5) is 4.39 Å². The maximum Gasteiger partial charge on any atom is 0.141 e. The molecule has 0 aliphatic heterocycles. The summed E-state index contributed by atoms with van der Waals surface area (Å²) in [6, 6.07) is 0.918. The Hall–Kier alpha value is -1.27. The van der Waals surface area contributed by atoms with E-state index in [1.54, 1.807) is 24.1 Å². The zero-order valence-electron chi connectivity index (χ0n) is 8.56. The number of halogens is 2. The average molecular weight is 285 g/mol. The van der Waals surface area contributed by atoms with Crippen LogP contribution in [0.25, 0.3) is 0 Å². The molecule has 2 N–H and O–H groups in total. The Labute approximate surface area is 100 Å². The first kappa shape index (κ1) is 11.2. The Balaban J connectivity index is 2.43. The summed E-state index contributed by atoms with van der Waals surface area (Å²) >= 11 is 3.36. The van der Waals surface area contributed by atoms with Gasteiger partial charge in [0.15, 0.2) is 0 Å². The zero-order chi connectivity index (χ0) is 11.7. The molecule has 0 saturated heterocycles. The first-order valence-electron chi connectivity index (χ1n) is 4.63. The number of hydrogen-bond acceptors (Lipinski definition) is 3. The molecular weight excluding hydrogens is 275 g/mol. The van der Waals surface area contributed by atoms with Gasteiger partial charge >= 0.3 is 0 Å². The van der Waals surface area contributed by atoms with Gasteiger partial charge in [-0.2, -0.15) is 5.10 Å². The van der Waals surface area contributed by atoms with Gasteiger partial charge in [-0.15, -0.1) is 0 Å². The molecule has 2 rings (SSSR count). The minimum atomic E-state index is -0.454. The molecule has 0 radical (unpaired) electrons. The molecule has 2 aromatic heterocycles. The third-order valence-corrected chi connectivity index (χ3v) is 2.93. The van der Waals surface area contributed by atoms with Gasteiger partial charge in [-0.3, -0.25) is 9.67 Å². The molecule has 0 amide bonds. The highest BCUT2D eigenvalue weighted by atomic mass is 79.9. The Morgan fingerprint density at radius 1 is 1.44 bits per heavy atom. The third-order valence-electron chi connectivity index (χ3n) is 2.32. The minimum absolute atomic E-state index is 0.397. The van der Waals surface area contributed by atoms with Crippen molar-refractivity contribution in [2.24, 2.45) is 12.8 Å². The summed E-state index contributed by atoms with van der Waals surface area (Å²) in [6.45, 7) is 0. The molecule has 0 spiro atoms. The Kier molecular flexibility index (Phi) is 3.02. The van der Waals surface area contributed by atoms with Crippen LogP contribution in [0.15, 0.2) is 29.1 Å². The second kappa shape index (κ2) is 4.31. The van der Waals surface area contributed by atoms with Crippen LogP contribution in [0.5, 0.6) is 0 Å². The first-order valence-corrected chi connectivity index (χ1v) is 5.42. The Morgan fingerprint density at radius 2 is 2.19 bits per heavy atom. The van der Waals surface area contributed by atoms with Gasteiger partial charge in [0.05, 0.1) is 28.6 Å². The summed E-state index contributed by atoms with van der Waals surface area (Å²) in [6.07, 6.45) is 4.35. The van der Waals surface area contributed by atoms with E-state index in [9.17, 15) is 4.39 Å². The predicted octanol–water partition coefficient (Wildman–Crippen LogP) is 1.76. The van der Waals surface area contributed by atoms with Crippen molar-refractivity contribution in [1.82, 2.24) is 14.8 Å². The van der Waals surface area contributed by atoms with Crippen molar-refractivity contribution in [3.05, 3.63) is 46.2 Å². The minimum Gasteiger partial charge on any atom is -0.319 e. The average Bonchev–Trinajstić information content (AvgIpc) is 2.58. The second-order valence-electron chi connectivity index (χ2n) is 3.42. The summed E-state index contributed by atoms with van der Waals surface area (Å²) < 4.78 is 15.5. The SMILES string of the molecule is Cn1ncc(Br)c1C(N)c1cncc(F)c1. The van der Waals surface area contributed by atoms with Crippen molar-refractivity contribution in [2.75, 3.05) is 0 Å². The highest BCUT2D eigenvalue weighted by Gasteiger charge is 2.17. The van der Waals surface area contributed by atoms with Crippen molar-refractivity contribution < 1.29 is 4.39 Å². The maximum atomic E-state index is 13.0. The lowest BCUT2D eigenvalue weighted by Gasteiger charge is -2.12. The van der Waals surface area contributed by atoms with Crippen LogP contribution in [0.2, 0.25) is 0 Å². The second-order valence-corrected chi connectivity index (χ2v) is 4.27. The molecule has 1 atom stereocenters. The van der Waals surface area contributed by atoms with Crippen molar-refractivity contribution in [3.63, 3.8) is 0 Å². The molecule has 84 valence electrons. The number of nitrogens with zero attached hydrogens (tertiary/aromatic N) is 3. The van der Waals surface area contributed by atoms with Gasteiger partial charge in [0.25, 0.3) is 0 Å². The lowest BCUT2D eigenvalue weighted by molar-refractivity contribution is 0.611. The van der Waals surface area contributed by atoms with E-state index in [2.05, 4.69) is 26.0 Å². The van der Waals surface area contributed by atoms with E-state index in [4.69, 9.17) is 5.73 Å². The third kappa shape index (κ3) is 1.98. The fraction of sp³-hybridized carbons (Fsp3) is 0.200. The molecule has 0 aliphatic carbocycles. The quantitative estimate of drug-likeness (QED) is 0.914. The molecule has 2 aromatic rings. The van der Waals surface area contributed by atoms with E-state index in [0.29, 0.717) is 5.56 Å². The van der Waals surface area contributed by atoms with E-state index in [1.807, 2.05) is 0 Å². The van der Waals surface area contributed by atoms with Crippen LogP contribution in [-0.2, 0) is 7.05 Å². The zero-order valence-corrected chi connectivity index (χ0v) is 10.1. The number of aromatic nitrogens is 3. The van der Waals surface area contributed by atoms with Gasteiger partial charge in [-0.25, -0.2) is 4.39 Å². The van der Waals surface area contributed by atoms with Crippen molar-refractivity contribution >= 4 is 15.9 Å². The smallest absolute Gasteiger partial charge is 0.141 e. The molecule has 0 aromatic carbocycles. The fourth-order valence-electron chi connectivity index (χ4n) is 1.53. The van der Waals surface area contributed by atoms with E-state index < -0.39 is 11.9 Å². The van der Waals surface area contributed by atoms with Gasteiger partial charge < -0.3 is 5.73 Å². The maximum absolute atomic E-state index is 13.0. The summed E-state index contributed by atoms with van der Waals surface area (Å²) in [5.74, 6) is -0.397. The monoisotopic (exact) mass is 284 g/mol. The molecule has 6 heteroatoms. The number of rotatable bonds is 2. The van der Waals surface area contributed by atoms with Crippen molar-refractivity contribution in [1.29, 1.82) is 0 Å². The number of hydrogen-bond donors (Lipinski definition) is 1. The lowest BCUT2D eigenvalue weighted by Crippen LogP contribution is -2.16.